The largest absolute Gasteiger partial charge is 0.493 e. The number of hydrogen-bond acceptors (Lipinski definition) is 4. The first-order chi connectivity index (χ1) is 15.5. The number of ether oxygens (including phenoxy) is 2. The molecule has 7 heteroatoms. The van der Waals surface area contributed by atoms with Crippen molar-refractivity contribution in [3.63, 3.8) is 0 Å². The fourth-order valence-electron chi connectivity index (χ4n) is 3.55. The maximum atomic E-state index is 12.7. The summed E-state index contributed by atoms with van der Waals surface area (Å²) in [4.78, 5) is 17.1. The zero-order chi connectivity index (χ0) is 22.7. The molecule has 32 heavy (non-hydrogen) atoms. The van der Waals surface area contributed by atoms with Crippen molar-refractivity contribution in [2.24, 2.45) is 0 Å². The van der Waals surface area contributed by atoms with Crippen LogP contribution in [0.25, 0.3) is 16.7 Å². The molecular formula is C25H24ClN3O3. The molecule has 1 amide bonds. The van der Waals surface area contributed by atoms with Crippen LogP contribution < -0.4 is 14.8 Å². The number of hydrogen-bond donors (Lipinski definition) is 1. The minimum Gasteiger partial charge on any atom is -0.493 e. The first-order valence-corrected chi connectivity index (χ1v) is 10.6. The molecule has 0 aliphatic carbocycles. The standard InChI is InChI=1S/C25H24ClN3O3/c1-16-4-7-19(14-20(16)26)29-15-28-21-13-18(6-8-22(21)29)25(30)27-11-10-17-5-9-23(31-2)24(12-17)32-3/h4-9,12-15H,10-11H2,1-3H3,(H,27,30). The van der Waals surface area contributed by atoms with Gasteiger partial charge < -0.3 is 14.8 Å². The fraction of sp³-hybridized carbons (Fsp3) is 0.200. The molecule has 0 radical (unpaired) electrons. The lowest BCUT2D eigenvalue weighted by Crippen LogP contribution is -2.25. The minimum atomic E-state index is -0.139. The van der Waals surface area contributed by atoms with Crippen molar-refractivity contribution in [3.8, 4) is 17.2 Å². The summed E-state index contributed by atoms with van der Waals surface area (Å²) < 4.78 is 12.5. The first kappa shape index (κ1) is 21.7. The summed E-state index contributed by atoms with van der Waals surface area (Å²) in [6.07, 6.45) is 2.42. The van der Waals surface area contributed by atoms with Gasteiger partial charge in [0.05, 0.1) is 25.3 Å². The van der Waals surface area contributed by atoms with Crippen molar-refractivity contribution < 1.29 is 14.3 Å². The van der Waals surface area contributed by atoms with E-state index >= 15 is 0 Å². The van der Waals surface area contributed by atoms with Gasteiger partial charge in [-0.2, -0.15) is 0 Å². The molecule has 6 nitrogen and oxygen atoms in total. The number of rotatable bonds is 7. The van der Waals surface area contributed by atoms with Gasteiger partial charge in [-0.25, -0.2) is 4.98 Å². The van der Waals surface area contributed by atoms with E-state index in [4.69, 9.17) is 21.1 Å². The SMILES string of the molecule is COc1ccc(CCNC(=O)c2ccc3c(c2)ncn3-c2ccc(C)c(Cl)c2)cc1OC. The number of nitrogens with zero attached hydrogens (tertiary/aromatic N) is 2. The summed E-state index contributed by atoms with van der Waals surface area (Å²) in [7, 11) is 3.21. The smallest absolute Gasteiger partial charge is 0.251 e. The molecule has 0 saturated heterocycles. The van der Waals surface area contributed by atoms with Crippen LogP contribution in [0.1, 0.15) is 21.5 Å². The highest BCUT2D eigenvalue weighted by molar-refractivity contribution is 6.31. The number of nitrogens with one attached hydrogen (secondary N) is 1. The molecule has 164 valence electrons. The van der Waals surface area contributed by atoms with Crippen LogP contribution >= 0.6 is 11.6 Å². The van der Waals surface area contributed by atoms with Crippen LogP contribution in [-0.4, -0.2) is 36.2 Å². The van der Waals surface area contributed by atoms with Crippen LogP contribution in [0.5, 0.6) is 11.5 Å². The number of aromatic nitrogens is 2. The van der Waals surface area contributed by atoms with E-state index < -0.39 is 0 Å². The van der Waals surface area contributed by atoms with Gasteiger partial charge in [-0.3, -0.25) is 9.36 Å². The second-order valence-corrected chi connectivity index (χ2v) is 7.85. The van der Waals surface area contributed by atoms with Crippen LogP contribution in [0.2, 0.25) is 5.02 Å². The lowest BCUT2D eigenvalue weighted by atomic mass is 10.1. The third kappa shape index (κ3) is 4.41. The predicted octanol–water partition coefficient (Wildman–Crippen LogP) is 4.98. The third-order valence-electron chi connectivity index (χ3n) is 5.39. The number of amides is 1. The Morgan fingerprint density at radius 1 is 1.03 bits per heavy atom. The molecule has 1 heterocycles. The third-order valence-corrected chi connectivity index (χ3v) is 5.80. The van der Waals surface area contributed by atoms with Crippen LogP contribution in [0.15, 0.2) is 60.9 Å². The molecule has 0 spiro atoms. The molecule has 3 aromatic carbocycles. The topological polar surface area (TPSA) is 65.4 Å². The molecule has 0 bridgehead atoms. The lowest BCUT2D eigenvalue weighted by molar-refractivity contribution is 0.0954. The minimum absolute atomic E-state index is 0.139. The Kier molecular flexibility index (Phi) is 6.32. The second kappa shape index (κ2) is 9.32. The van der Waals surface area contributed by atoms with Crippen molar-refractivity contribution in [2.75, 3.05) is 20.8 Å². The van der Waals surface area contributed by atoms with Gasteiger partial charge in [-0.05, 0) is 66.9 Å². The number of benzene rings is 3. The molecular weight excluding hydrogens is 426 g/mol. The highest BCUT2D eigenvalue weighted by atomic mass is 35.5. The Morgan fingerprint density at radius 2 is 1.84 bits per heavy atom. The van der Waals surface area contributed by atoms with Crippen LogP contribution in [0, 0.1) is 6.92 Å². The maximum absolute atomic E-state index is 12.7. The van der Waals surface area contributed by atoms with Gasteiger partial charge in [-0.1, -0.05) is 23.7 Å². The van der Waals surface area contributed by atoms with Gasteiger partial charge in [0, 0.05) is 22.8 Å². The van der Waals surface area contributed by atoms with Gasteiger partial charge in [0.1, 0.15) is 6.33 Å². The van der Waals surface area contributed by atoms with Crippen molar-refractivity contribution in [3.05, 3.63) is 82.6 Å². The number of imidazole rings is 1. The summed E-state index contributed by atoms with van der Waals surface area (Å²) in [5, 5.41) is 3.67. The zero-order valence-electron chi connectivity index (χ0n) is 18.2. The Bertz CT molecular complexity index is 1280. The zero-order valence-corrected chi connectivity index (χ0v) is 18.9. The number of fused-ring (bicyclic) bond motifs is 1. The van der Waals surface area contributed by atoms with E-state index in [1.54, 1.807) is 26.6 Å². The summed E-state index contributed by atoms with van der Waals surface area (Å²) in [6, 6.07) is 17.1. The van der Waals surface area contributed by atoms with Crippen LogP contribution in [-0.2, 0) is 6.42 Å². The van der Waals surface area contributed by atoms with Crippen molar-refractivity contribution in [2.45, 2.75) is 13.3 Å². The van der Waals surface area contributed by atoms with E-state index in [9.17, 15) is 4.79 Å². The molecule has 1 N–H and O–H groups in total. The molecule has 0 atom stereocenters. The van der Waals surface area contributed by atoms with Crippen molar-refractivity contribution in [1.82, 2.24) is 14.9 Å². The predicted molar refractivity (Wildman–Crippen MR) is 126 cm³/mol. The summed E-state index contributed by atoms with van der Waals surface area (Å²) in [5.41, 5.74) is 5.22. The Morgan fingerprint density at radius 3 is 2.59 bits per heavy atom. The highest BCUT2D eigenvalue weighted by Gasteiger charge is 2.11. The van der Waals surface area contributed by atoms with E-state index in [1.807, 2.05) is 60.0 Å². The van der Waals surface area contributed by atoms with Crippen LogP contribution in [0.3, 0.4) is 0 Å². The molecule has 4 aromatic rings. The quantitative estimate of drug-likeness (QED) is 0.432. The Hall–Kier alpha value is -3.51. The average Bonchev–Trinajstić information content (AvgIpc) is 3.24. The van der Waals surface area contributed by atoms with Gasteiger partial charge >= 0.3 is 0 Å². The Balaban J connectivity index is 1.45. The molecule has 0 fully saturated rings. The molecule has 0 saturated carbocycles. The van der Waals surface area contributed by atoms with E-state index in [1.165, 1.54) is 0 Å². The number of carbonyl (C=O) groups excluding carboxylic acids is 1. The molecule has 0 aliphatic heterocycles. The number of halogens is 1. The summed E-state index contributed by atoms with van der Waals surface area (Å²) >= 11 is 6.27. The molecule has 1 aromatic heterocycles. The fourth-order valence-corrected chi connectivity index (χ4v) is 3.72. The van der Waals surface area contributed by atoms with Gasteiger partial charge in [-0.15, -0.1) is 0 Å². The van der Waals surface area contributed by atoms with E-state index in [0.29, 0.717) is 35.1 Å². The Labute approximate surface area is 191 Å². The first-order valence-electron chi connectivity index (χ1n) is 10.2. The molecule has 0 unspecified atom stereocenters. The van der Waals surface area contributed by atoms with Crippen LogP contribution in [0.4, 0.5) is 0 Å². The molecule has 0 aliphatic rings. The molecule has 4 rings (SSSR count). The lowest BCUT2D eigenvalue weighted by Gasteiger charge is -2.10. The average molecular weight is 450 g/mol. The van der Waals surface area contributed by atoms with Crippen molar-refractivity contribution >= 4 is 28.5 Å². The highest BCUT2D eigenvalue weighted by Crippen LogP contribution is 2.27. The van der Waals surface area contributed by atoms with Crippen molar-refractivity contribution in [1.29, 1.82) is 0 Å². The second-order valence-electron chi connectivity index (χ2n) is 7.45. The normalized spacial score (nSPS) is 10.9. The van der Waals surface area contributed by atoms with Gasteiger partial charge in [0.15, 0.2) is 11.5 Å². The van der Waals surface area contributed by atoms with E-state index in [2.05, 4.69) is 10.3 Å². The summed E-state index contributed by atoms with van der Waals surface area (Å²) in [5.74, 6) is 1.22. The van der Waals surface area contributed by atoms with E-state index in [0.717, 1.165) is 27.8 Å². The monoisotopic (exact) mass is 449 g/mol. The summed E-state index contributed by atoms with van der Waals surface area (Å²) in [6.45, 7) is 2.47. The maximum Gasteiger partial charge on any atom is 0.251 e. The van der Waals surface area contributed by atoms with Gasteiger partial charge in [0.2, 0.25) is 0 Å². The van der Waals surface area contributed by atoms with Gasteiger partial charge in [0.25, 0.3) is 5.91 Å². The van der Waals surface area contributed by atoms with E-state index in [-0.39, 0.29) is 5.91 Å². The number of aryl methyl sites for hydroxylation is 1. The number of methoxy groups -OCH3 is 2. The number of carbonyl (C=O) groups is 1.